The molecular weight excluding hydrogens is 462 g/mol. The zero-order valence-electron chi connectivity index (χ0n) is 19.6. The maximum absolute atomic E-state index is 13.0. The van der Waals surface area contributed by atoms with E-state index >= 15 is 0 Å². The number of thioether (sulfide) groups is 1. The number of fused-ring (bicyclic) bond motifs is 1. The van der Waals surface area contributed by atoms with E-state index in [4.69, 9.17) is 4.74 Å². The lowest BCUT2D eigenvalue weighted by Crippen LogP contribution is -2.22. The van der Waals surface area contributed by atoms with Crippen molar-refractivity contribution in [2.75, 3.05) is 17.7 Å². The number of nitrogens with one attached hydrogen (secondary N) is 1. The molecule has 178 valence electrons. The Labute approximate surface area is 207 Å². The van der Waals surface area contributed by atoms with Gasteiger partial charge in [-0.1, -0.05) is 30.0 Å². The van der Waals surface area contributed by atoms with Gasteiger partial charge in [0.15, 0.2) is 5.65 Å². The molecule has 35 heavy (non-hydrogen) atoms. The summed E-state index contributed by atoms with van der Waals surface area (Å²) in [4.78, 5) is 21.7. The maximum Gasteiger partial charge on any atom is 0.235 e. The van der Waals surface area contributed by atoms with E-state index in [1.807, 2.05) is 48.7 Å². The molecule has 10 heteroatoms. The third kappa shape index (κ3) is 4.52. The first kappa shape index (κ1) is 23.1. The first-order valence-electron chi connectivity index (χ1n) is 11.4. The van der Waals surface area contributed by atoms with E-state index in [0.29, 0.717) is 28.6 Å². The number of rotatable bonds is 7. The first-order chi connectivity index (χ1) is 17.1. The fourth-order valence-corrected chi connectivity index (χ4v) is 5.11. The van der Waals surface area contributed by atoms with Crippen molar-refractivity contribution >= 4 is 34.5 Å². The van der Waals surface area contributed by atoms with E-state index < -0.39 is 0 Å². The summed E-state index contributed by atoms with van der Waals surface area (Å²) in [6.45, 7) is 5.24. The lowest BCUT2D eigenvalue weighted by Gasteiger charge is -2.16. The number of carbonyl (C=O) groups excluding carboxylic acids is 1. The molecule has 4 aromatic rings. The number of carbonyl (C=O) groups is 1. The molecule has 0 spiro atoms. The summed E-state index contributed by atoms with van der Waals surface area (Å²) in [5, 5.41) is 18.7. The van der Waals surface area contributed by atoms with Crippen molar-refractivity contribution in [3.05, 3.63) is 59.7 Å². The van der Waals surface area contributed by atoms with Gasteiger partial charge in [-0.25, -0.2) is 14.6 Å². The number of nitrogens with zero attached hydrogens (tertiary/aromatic N) is 6. The molecule has 1 amide bonds. The maximum atomic E-state index is 13.0. The van der Waals surface area contributed by atoms with Gasteiger partial charge in [-0.3, -0.25) is 4.79 Å². The SMILES string of the molecule is Cc1c(C#N)c(NC(=O)CSc2ncnc3c2cnn3-c2ccccc2)n(C[C@@H]2CCCO2)c1C. The monoisotopic (exact) mass is 487 g/mol. The van der Waals surface area contributed by atoms with Crippen molar-refractivity contribution in [2.45, 2.75) is 44.4 Å². The van der Waals surface area contributed by atoms with Crippen LogP contribution in [0.5, 0.6) is 0 Å². The summed E-state index contributed by atoms with van der Waals surface area (Å²) in [6, 6.07) is 12.0. The fourth-order valence-electron chi connectivity index (χ4n) is 4.35. The van der Waals surface area contributed by atoms with E-state index in [9.17, 15) is 10.1 Å². The van der Waals surface area contributed by atoms with Gasteiger partial charge in [0.1, 0.15) is 23.2 Å². The normalized spacial score (nSPS) is 15.4. The Kier molecular flexibility index (Phi) is 6.53. The number of aromatic nitrogens is 5. The molecule has 1 aliphatic heterocycles. The number of amides is 1. The van der Waals surface area contributed by atoms with Crippen LogP contribution in [0, 0.1) is 25.2 Å². The van der Waals surface area contributed by atoms with Crippen LogP contribution in [0.25, 0.3) is 16.7 Å². The second-order valence-electron chi connectivity index (χ2n) is 8.44. The summed E-state index contributed by atoms with van der Waals surface area (Å²) >= 11 is 1.32. The molecular formula is C25H25N7O2S. The standard InChI is InChI=1S/C25H25N7O2S/c1-16-17(2)31(13-19-9-6-10-34-19)24(20(16)11-26)30-22(33)14-35-25-21-12-29-32(23(21)27-15-28-25)18-7-4-3-5-8-18/h3-5,7-8,12,15,19H,6,9-10,13-14H2,1-2H3,(H,30,33)/t19-/m0/s1. The van der Waals surface area contributed by atoms with Gasteiger partial charge in [0.25, 0.3) is 0 Å². The van der Waals surface area contributed by atoms with Crippen molar-refractivity contribution in [1.29, 1.82) is 5.26 Å². The van der Waals surface area contributed by atoms with Gasteiger partial charge >= 0.3 is 0 Å². The molecule has 5 rings (SSSR count). The van der Waals surface area contributed by atoms with Crippen molar-refractivity contribution in [2.24, 2.45) is 0 Å². The molecule has 1 aliphatic rings. The van der Waals surface area contributed by atoms with E-state index in [-0.39, 0.29) is 17.8 Å². The highest BCUT2D eigenvalue weighted by atomic mass is 32.2. The van der Waals surface area contributed by atoms with Gasteiger partial charge in [-0.15, -0.1) is 0 Å². The molecule has 3 aromatic heterocycles. The van der Waals surface area contributed by atoms with Gasteiger partial charge < -0.3 is 14.6 Å². The number of hydrogen-bond donors (Lipinski definition) is 1. The van der Waals surface area contributed by atoms with Crippen LogP contribution in [0.1, 0.15) is 29.7 Å². The molecule has 1 aromatic carbocycles. The zero-order chi connectivity index (χ0) is 24.4. The summed E-state index contributed by atoms with van der Waals surface area (Å²) < 4.78 is 9.55. The zero-order valence-corrected chi connectivity index (χ0v) is 20.4. The van der Waals surface area contributed by atoms with Crippen LogP contribution >= 0.6 is 11.8 Å². The van der Waals surface area contributed by atoms with Gasteiger partial charge in [-0.2, -0.15) is 10.4 Å². The van der Waals surface area contributed by atoms with Gasteiger partial charge in [-0.05, 0) is 44.4 Å². The Balaban J connectivity index is 1.34. The molecule has 0 aliphatic carbocycles. The van der Waals surface area contributed by atoms with Gasteiger partial charge in [0.2, 0.25) is 5.91 Å². The third-order valence-corrected chi connectivity index (χ3v) is 7.28. The predicted octanol–water partition coefficient (Wildman–Crippen LogP) is 4.02. The second-order valence-corrected chi connectivity index (χ2v) is 9.40. The highest BCUT2D eigenvalue weighted by Crippen LogP contribution is 2.30. The summed E-state index contributed by atoms with van der Waals surface area (Å²) in [5.74, 6) is 0.463. The quantitative estimate of drug-likeness (QED) is 0.310. The van der Waals surface area contributed by atoms with Crippen molar-refractivity contribution in [1.82, 2.24) is 24.3 Å². The van der Waals surface area contributed by atoms with Crippen LogP contribution in [-0.4, -0.2) is 48.7 Å². The highest BCUT2D eigenvalue weighted by molar-refractivity contribution is 8.00. The highest BCUT2D eigenvalue weighted by Gasteiger charge is 2.24. The van der Waals surface area contributed by atoms with Crippen LogP contribution < -0.4 is 5.32 Å². The van der Waals surface area contributed by atoms with Crippen molar-refractivity contribution in [3.8, 4) is 11.8 Å². The van der Waals surface area contributed by atoms with Crippen LogP contribution in [0.2, 0.25) is 0 Å². The summed E-state index contributed by atoms with van der Waals surface area (Å²) in [7, 11) is 0. The molecule has 0 radical (unpaired) electrons. The van der Waals surface area contributed by atoms with Crippen LogP contribution in [-0.2, 0) is 16.1 Å². The summed E-state index contributed by atoms with van der Waals surface area (Å²) in [6.07, 6.45) is 5.30. The first-order valence-corrected chi connectivity index (χ1v) is 12.4. The number of para-hydroxylation sites is 1. The molecule has 0 saturated carbocycles. The smallest absolute Gasteiger partial charge is 0.235 e. The minimum atomic E-state index is -0.209. The number of anilines is 1. The lowest BCUT2D eigenvalue weighted by atomic mass is 10.2. The van der Waals surface area contributed by atoms with Crippen LogP contribution in [0.4, 0.5) is 5.82 Å². The molecule has 9 nitrogen and oxygen atoms in total. The van der Waals surface area contributed by atoms with E-state index in [0.717, 1.165) is 41.8 Å². The van der Waals surface area contributed by atoms with E-state index in [1.54, 1.807) is 10.9 Å². The average molecular weight is 488 g/mol. The Hall–Kier alpha value is -3.68. The molecule has 1 atom stereocenters. The number of benzene rings is 1. The Morgan fingerprint density at radius 3 is 2.86 bits per heavy atom. The minimum absolute atomic E-state index is 0.0903. The average Bonchev–Trinajstić information content (AvgIpc) is 3.60. The Bertz CT molecular complexity index is 1420. The molecule has 0 bridgehead atoms. The largest absolute Gasteiger partial charge is 0.376 e. The van der Waals surface area contributed by atoms with E-state index in [1.165, 1.54) is 18.1 Å². The topological polar surface area (TPSA) is 111 Å². The van der Waals surface area contributed by atoms with E-state index in [2.05, 4.69) is 26.5 Å². The number of nitriles is 1. The predicted molar refractivity (Wildman–Crippen MR) is 134 cm³/mol. The third-order valence-electron chi connectivity index (χ3n) is 6.28. The Morgan fingerprint density at radius 1 is 1.29 bits per heavy atom. The summed E-state index contributed by atoms with van der Waals surface area (Å²) in [5.41, 5.74) is 3.91. The molecule has 1 saturated heterocycles. The molecule has 1 N–H and O–H groups in total. The minimum Gasteiger partial charge on any atom is -0.376 e. The fraction of sp³-hybridized carbons (Fsp3) is 0.320. The Morgan fingerprint density at radius 2 is 2.11 bits per heavy atom. The van der Waals surface area contributed by atoms with Gasteiger partial charge in [0.05, 0.1) is 41.2 Å². The number of ether oxygens (including phenoxy) is 1. The lowest BCUT2D eigenvalue weighted by molar-refractivity contribution is -0.113. The second kappa shape index (κ2) is 9.90. The van der Waals surface area contributed by atoms with Crippen molar-refractivity contribution in [3.63, 3.8) is 0 Å². The van der Waals surface area contributed by atoms with Crippen LogP contribution in [0.3, 0.4) is 0 Å². The van der Waals surface area contributed by atoms with Crippen LogP contribution in [0.15, 0.2) is 47.9 Å². The molecule has 4 heterocycles. The molecule has 1 fully saturated rings. The molecule has 0 unspecified atom stereocenters. The van der Waals surface area contributed by atoms with Gasteiger partial charge in [0, 0.05) is 12.3 Å². The van der Waals surface area contributed by atoms with Crippen molar-refractivity contribution < 1.29 is 9.53 Å². The number of hydrogen-bond acceptors (Lipinski definition) is 7.